The first kappa shape index (κ1) is 24.0. The summed E-state index contributed by atoms with van der Waals surface area (Å²) in [6.07, 6.45) is 1.62. The van der Waals surface area contributed by atoms with Gasteiger partial charge in [-0.25, -0.2) is 8.42 Å². The van der Waals surface area contributed by atoms with E-state index in [1.165, 1.54) is 16.4 Å². The molecule has 33 heavy (non-hydrogen) atoms. The van der Waals surface area contributed by atoms with Crippen LogP contribution in [0.1, 0.15) is 48.7 Å². The number of morpholine rings is 1. The van der Waals surface area contributed by atoms with Crippen LogP contribution in [0, 0.1) is 5.92 Å². The lowest BCUT2D eigenvalue weighted by molar-refractivity contribution is -0.0440. The lowest BCUT2D eigenvalue weighted by Gasteiger charge is -2.34. The zero-order valence-electron chi connectivity index (χ0n) is 19.0. The number of sulfonamides is 1. The van der Waals surface area contributed by atoms with Gasteiger partial charge in [-0.15, -0.1) is 0 Å². The van der Waals surface area contributed by atoms with E-state index in [1.807, 2.05) is 38.1 Å². The van der Waals surface area contributed by atoms with Crippen LogP contribution in [0.25, 0.3) is 0 Å². The number of ether oxygens (including phenoxy) is 2. The van der Waals surface area contributed by atoms with Crippen LogP contribution >= 0.6 is 11.6 Å². The van der Waals surface area contributed by atoms with Crippen molar-refractivity contribution in [2.45, 2.75) is 49.8 Å². The molecule has 4 rings (SSSR count). The molecule has 3 unspecified atom stereocenters. The summed E-state index contributed by atoms with van der Waals surface area (Å²) in [4.78, 5) is 13.1. The van der Waals surface area contributed by atoms with E-state index in [9.17, 15) is 13.2 Å². The highest BCUT2D eigenvalue weighted by atomic mass is 35.5. The molecule has 1 aliphatic heterocycles. The molecule has 2 aliphatic rings. The second-order valence-corrected chi connectivity index (χ2v) is 11.1. The largest absolute Gasteiger partial charge is 0.497 e. The second-order valence-electron chi connectivity index (χ2n) is 8.79. The normalized spacial score (nSPS) is 22.5. The smallest absolute Gasteiger partial charge is 0.251 e. The molecule has 2 fully saturated rings. The molecule has 2 aromatic rings. The minimum absolute atomic E-state index is 0.0643. The topological polar surface area (TPSA) is 84.9 Å². The van der Waals surface area contributed by atoms with E-state index < -0.39 is 10.0 Å². The molecular weight excluding hydrogens is 464 g/mol. The van der Waals surface area contributed by atoms with Crippen molar-refractivity contribution in [3.8, 4) is 5.75 Å². The highest BCUT2D eigenvalue weighted by Gasteiger charge is 2.35. The first-order valence-corrected chi connectivity index (χ1v) is 12.9. The van der Waals surface area contributed by atoms with Crippen LogP contribution in [0.2, 0.25) is 5.02 Å². The summed E-state index contributed by atoms with van der Waals surface area (Å²) in [7, 11) is -2.27. The van der Waals surface area contributed by atoms with Crippen molar-refractivity contribution in [3.63, 3.8) is 0 Å². The van der Waals surface area contributed by atoms with Crippen molar-refractivity contribution in [2.75, 3.05) is 20.2 Å². The summed E-state index contributed by atoms with van der Waals surface area (Å²) in [5, 5.41) is 3.18. The first-order valence-electron chi connectivity index (χ1n) is 11.1. The molecule has 9 heteroatoms. The Labute approximate surface area is 200 Å². The van der Waals surface area contributed by atoms with Gasteiger partial charge in [-0.1, -0.05) is 23.7 Å². The Morgan fingerprint density at radius 3 is 2.33 bits per heavy atom. The summed E-state index contributed by atoms with van der Waals surface area (Å²) in [5.41, 5.74) is 1.25. The fourth-order valence-electron chi connectivity index (χ4n) is 4.25. The van der Waals surface area contributed by atoms with E-state index in [4.69, 9.17) is 21.1 Å². The summed E-state index contributed by atoms with van der Waals surface area (Å²) >= 11 is 6.29. The maximum absolute atomic E-state index is 13.3. The van der Waals surface area contributed by atoms with Crippen LogP contribution in [0.3, 0.4) is 0 Å². The standard InChI is InChI=1S/C24H29ClN2O5S/c1-15-13-27(14-16(2)32-15)33(29,30)22-12-19(8-11-21(22)25)24(28)26-23(17-4-5-17)18-6-9-20(31-3)10-7-18/h6-12,15-17,23H,4-5,13-14H2,1-3H3,(H,26,28). The molecule has 1 amide bonds. The number of amides is 1. The fourth-order valence-corrected chi connectivity index (χ4v) is 6.34. The van der Waals surface area contributed by atoms with Gasteiger partial charge in [0.15, 0.2) is 0 Å². The van der Waals surface area contributed by atoms with Crippen molar-refractivity contribution in [3.05, 3.63) is 58.6 Å². The van der Waals surface area contributed by atoms with E-state index in [0.717, 1.165) is 24.2 Å². The summed E-state index contributed by atoms with van der Waals surface area (Å²) in [5.74, 6) is 0.771. The van der Waals surface area contributed by atoms with E-state index in [2.05, 4.69) is 5.32 Å². The van der Waals surface area contributed by atoms with E-state index in [0.29, 0.717) is 5.92 Å². The number of benzene rings is 2. The number of hydrogen-bond acceptors (Lipinski definition) is 5. The summed E-state index contributed by atoms with van der Waals surface area (Å²) in [6, 6.07) is 11.9. The van der Waals surface area contributed by atoms with Crippen LogP contribution < -0.4 is 10.1 Å². The quantitative estimate of drug-likeness (QED) is 0.630. The minimum atomic E-state index is -3.88. The highest BCUT2D eigenvalue weighted by Crippen LogP contribution is 2.41. The van der Waals surface area contributed by atoms with Crippen molar-refractivity contribution >= 4 is 27.5 Å². The van der Waals surface area contributed by atoms with Crippen LogP contribution in [0.15, 0.2) is 47.4 Å². The maximum atomic E-state index is 13.3. The monoisotopic (exact) mass is 492 g/mol. The number of hydrogen-bond donors (Lipinski definition) is 1. The predicted molar refractivity (Wildman–Crippen MR) is 126 cm³/mol. The molecule has 0 aromatic heterocycles. The van der Waals surface area contributed by atoms with Crippen molar-refractivity contribution in [2.24, 2.45) is 5.92 Å². The van der Waals surface area contributed by atoms with Gasteiger partial charge < -0.3 is 14.8 Å². The third kappa shape index (κ3) is 5.35. The molecule has 3 atom stereocenters. The number of methoxy groups -OCH3 is 1. The van der Waals surface area contributed by atoms with E-state index >= 15 is 0 Å². The molecule has 1 saturated heterocycles. The van der Waals surface area contributed by atoms with Gasteiger partial charge >= 0.3 is 0 Å². The van der Waals surface area contributed by atoms with Crippen LogP contribution in [0.4, 0.5) is 0 Å². The second kappa shape index (κ2) is 9.62. The lowest BCUT2D eigenvalue weighted by atomic mass is 10.0. The SMILES string of the molecule is COc1ccc(C(NC(=O)c2ccc(Cl)c(S(=O)(=O)N3CC(C)OC(C)C3)c2)C2CC2)cc1. The Bertz CT molecular complexity index is 1110. The van der Waals surface area contributed by atoms with Gasteiger partial charge in [-0.2, -0.15) is 4.31 Å². The molecule has 1 saturated carbocycles. The molecule has 1 aliphatic carbocycles. The van der Waals surface area contributed by atoms with Gasteiger partial charge in [-0.05, 0) is 68.5 Å². The van der Waals surface area contributed by atoms with Crippen LogP contribution in [0.5, 0.6) is 5.75 Å². The average Bonchev–Trinajstić information content (AvgIpc) is 3.62. The molecule has 2 aromatic carbocycles. The van der Waals surface area contributed by atoms with Gasteiger partial charge in [0.1, 0.15) is 10.6 Å². The van der Waals surface area contributed by atoms with E-state index in [1.54, 1.807) is 13.2 Å². The highest BCUT2D eigenvalue weighted by molar-refractivity contribution is 7.89. The average molecular weight is 493 g/mol. The number of nitrogens with zero attached hydrogens (tertiary/aromatic N) is 1. The summed E-state index contributed by atoms with van der Waals surface area (Å²) < 4.78 is 38.9. The predicted octanol–water partition coefficient (Wildman–Crippen LogP) is 4.03. The molecule has 0 spiro atoms. The molecule has 7 nitrogen and oxygen atoms in total. The Balaban J connectivity index is 1.58. The maximum Gasteiger partial charge on any atom is 0.251 e. The van der Waals surface area contributed by atoms with Crippen molar-refractivity contribution < 1.29 is 22.7 Å². The lowest BCUT2D eigenvalue weighted by Crippen LogP contribution is -2.48. The third-order valence-electron chi connectivity index (χ3n) is 6.05. The van der Waals surface area contributed by atoms with Crippen LogP contribution in [-0.2, 0) is 14.8 Å². The fraction of sp³-hybridized carbons (Fsp3) is 0.458. The van der Waals surface area contributed by atoms with Gasteiger partial charge in [0, 0.05) is 18.7 Å². The van der Waals surface area contributed by atoms with Gasteiger partial charge in [0.25, 0.3) is 5.91 Å². The molecule has 1 N–H and O–H groups in total. The molecular formula is C24H29ClN2O5S. The van der Waals surface area contributed by atoms with Crippen molar-refractivity contribution in [1.82, 2.24) is 9.62 Å². The van der Waals surface area contributed by atoms with Gasteiger partial charge in [0.2, 0.25) is 10.0 Å². The zero-order valence-corrected chi connectivity index (χ0v) is 20.5. The Hall–Kier alpha value is -2.13. The van der Waals surface area contributed by atoms with Gasteiger partial charge in [-0.3, -0.25) is 4.79 Å². The van der Waals surface area contributed by atoms with E-state index in [-0.39, 0.29) is 52.7 Å². The Kier molecular flexibility index (Phi) is 7.00. The number of carbonyl (C=O) groups excluding carboxylic acids is 1. The van der Waals surface area contributed by atoms with Gasteiger partial charge in [0.05, 0.1) is 30.4 Å². The Morgan fingerprint density at radius 2 is 1.76 bits per heavy atom. The van der Waals surface area contributed by atoms with Crippen LogP contribution in [-0.4, -0.2) is 51.0 Å². The molecule has 0 radical (unpaired) electrons. The molecule has 1 heterocycles. The summed E-state index contributed by atoms with van der Waals surface area (Å²) in [6.45, 7) is 4.14. The third-order valence-corrected chi connectivity index (χ3v) is 8.37. The number of rotatable bonds is 7. The minimum Gasteiger partial charge on any atom is -0.497 e. The Morgan fingerprint density at radius 1 is 1.12 bits per heavy atom. The van der Waals surface area contributed by atoms with Crippen molar-refractivity contribution in [1.29, 1.82) is 0 Å². The molecule has 0 bridgehead atoms. The number of nitrogens with one attached hydrogen (secondary N) is 1. The zero-order chi connectivity index (χ0) is 23.8. The molecule has 178 valence electrons. The number of halogens is 1. The number of carbonyl (C=O) groups is 1. The first-order chi connectivity index (χ1) is 15.7.